The number of alkyl halides is 3. The van der Waals surface area contributed by atoms with Gasteiger partial charge in [0.25, 0.3) is 5.56 Å². The van der Waals surface area contributed by atoms with E-state index in [2.05, 4.69) is 25.9 Å². The molecule has 0 aliphatic carbocycles. The molecule has 1 unspecified atom stereocenters. The lowest BCUT2D eigenvalue weighted by Gasteiger charge is -2.14. The number of halogens is 4. The fraction of sp³-hybridized carbons (Fsp3) is 0.353. The second-order valence-electron chi connectivity index (χ2n) is 5.94. The number of nitrogens with zero attached hydrogens (tertiary/aromatic N) is 4. The summed E-state index contributed by atoms with van der Waals surface area (Å²) in [4.78, 5) is 21.6. The smallest absolute Gasteiger partial charge is 0.431 e. The number of fused-ring (bicyclic) bond motifs is 1. The molecular weight excluding hydrogens is 461 g/mol. The van der Waals surface area contributed by atoms with E-state index in [9.17, 15) is 22.5 Å². The van der Waals surface area contributed by atoms with E-state index in [0.717, 1.165) is 6.07 Å². The number of pyridine rings is 2. The lowest BCUT2D eigenvalue weighted by Crippen LogP contribution is -2.28. The lowest BCUT2D eigenvalue weighted by atomic mass is 10.3. The topological polar surface area (TPSA) is 75.8 Å². The molecule has 28 heavy (non-hydrogen) atoms. The van der Waals surface area contributed by atoms with Crippen LogP contribution in [0.3, 0.4) is 0 Å². The van der Waals surface area contributed by atoms with Gasteiger partial charge in [-0.3, -0.25) is 4.79 Å². The van der Waals surface area contributed by atoms with Gasteiger partial charge in [0.15, 0.2) is 16.4 Å². The molecule has 0 N–H and O–H groups in total. The first kappa shape index (κ1) is 20.9. The molecule has 150 valence electrons. The Morgan fingerprint density at radius 2 is 1.96 bits per heavy atom. The first-order chi connectivity index (χ1) is 13.1. The summed E-state index contributed by atoms with van der Waals surface area (Å²) in [7, 11) is 1.53. The second-order valence-corrected chi connectivity index (χ2v) is 8.56. The van der Waals surface area contributed by atoms with Crippen LogP contribution in [0.2, 0.25) is 0 Å². The van der Waals surface area contributed by atoms with Gasteiger partial charge in [-0.05, 0) is 47.0 Å². The Labute approximate surface area is 169 Å². The van der Waals surface area contributed by atoms with Crippen molar-refractivity contribution in [3.63, 3.8) is 0 Å². The van der Waals surface area contributed by atoms with Crippen LogP contribution in [-0.2, 0) is 30.9 Å². The van der Waals surface area contributed by atoms with E-state index in [1.54, 1.807) is 13.0 Å². The number of hydrogen-bond acceptors (Lipinski definition) is 4. The van der Waals surface area contributed by atoms with Gasteiger partial charge in [0.2, 0.25) is 0 Å². The fourth-order valence-electron chi connectivity index (χ4n) is 3.00. The van der Waals surface area contributed by atoms with Gasteiger partial charge in [-0.15, -0.1) is 0 Å². The lowest BCUT2D eigenvalue weighted by molar-refractivity contribution is -0.144. The average molecular weight is 477 g/mol. The van der Waals surface area contributed by atoms with Crippen LogP contribution in [0.5, 0.6) is 0 Å². The van der Waals surface area contributed by atoms with Crippen molar-refractivity contribution < 1.29 is 17.7 Å². The third-order valence-electron chi connectivity index (χ3n) is 4.28. The van der Waals surface area contributed by atoms with Crippen molar-refractivity contribution in [2.45, 2.75) is 31.5 Å². The van der Waals surface area contributed by atoms with Crippen molar-refractivity contribution in [1.82, 2.24) is 19.1 Å². The Hall–Kier alpha value is -1.85. The summed E-state index contributed by atoms with van der Waals surface area (Å²) < 4.78 is 55.3. The molecule has 0 fully saturated rings. The fourth-order valence-corrected chi connectivity index (χ4v) is 4.41. The van der Waals surface area contributed by atoms with Crippen LogP contribution >= 0.6 is 15.9 Å². The van der Waals surface area contributed by atoms with Crippen molar-refractivity contribution in [3.05, 3.63) is 38.9 Å². The molecule has 1 atom stereocenters. The van der Waals surface area contributed by atoms with Gasteiger partial charge >= 0.3 is 6.18 Å². The van der Waals surface area contributed by atoms with Crippen LogP contribution in [0, 0.1) is 0 Å². The zero-order valence-electron chi connectivity index (χ0n) is 15.2. The molecule has 3 rings (SSSR count). The summed E-state index contributed by atoms with van der Waals surface area (Å²) in [6, 6.07) is 2.49. The first-order valence-electron chi connectivity index (χ1n) is 8.31. The minimum absolute atomic E-state index is 0.0304. The Balaban J connectivity index is 2.36. The predicted octanol–water partition coefficient (Wildman–Crippen LogP) is 3.73. The Kier molecular flexibility index (Phi) is 5.61. The van der Waals surface area contributed by atoms with Crippen molar-refractivity contribution in [3.8, 4) is 11.5 Å². The molecule has 6 nitrogen and oxygen atoms in total. The van der Waals surface area contributed by atoms with E-state index in [4.69, 9.17) is 0 Å². The molecular formula is C17H16BrF3N4O2S. The number of rotatable bonds is 4. The Bertz CT molecular complexity index is 1110. The third kappa shape index (κ3) is 3.46. The van der Waals surface area contributed by atoms with Crippen LogP contribution in [-0.4, -0.2) is 29.4 Å². The molecule has 3 aromatic heterocycles. The van der Waals surface area contributed by atoms with Crippen LogP contribution < -0.4 is 5.56 Å². The van der Waals surface area contributed by atoms with E-state index in [-0.39, 0.29) is 29.1 Å². The molecule has 0 aliphatic rings. The molecule has 11 heteroatoms. The van der Waals surface area contributed by atoms with E-state index in [0.29, 0.717) is 19.7 Å². The van der Waals surface area contributed by atoms with Gasteiger partial charge in [0.1, 0.15) is 17.0 Å². The summed E-state index contributed by atoms with van der Waals surface area (Å²) >= 11 is 1.90. The maximum absolute atomic E-state index is 13.4. The molecule has 0 amide bonds. The van der Waals surface area contributed by atoms with Gasteiger partial charge < -0.3 is 13.7 Å². The molecule has 0 saturated heterocycles. The Morgan fingerprint density at radius 1 is 1.29 bits per heavy atom. The number of aromatic nitrogens is 4. The number of aryl methyl sites for hydroxylation is 1. The van der Waals surface area contributed by atoms with E-state index >= 15 is 0 Å². The maximum atomic E-state index is 13.4. The quantitative estimate of drug-likeness (QED) is 0.537. The average Bonchev–Trinajstić information content (AvgIpc) is 2.97. The molecule has 0 spiro atoms. The number of imidazole rings is 1. The SMILES string of the molecule is CCn1c(C(F)(F)F)cc2nc(-c3ncc(Br)cc3[S+]([O-])CC)n(C)c2c1=O. The van der Waals surface area contributed by atoms with E-state index in [1.165, 1.54) is 24.7 Å². The molecule has 0 radical (unpaired) electrons. The highest BCUT2D eigenvalue weighted by molar-refractivity contribution is 9.10. The van der Waals surface area contributed by atoms with Crippen molar-refractivity contribution in [2.75, 3.05) is 5.75 Å². The predicted molar refractivity (Wildman–Crippen MR) is 104 cm³/mol. The maximum Gasteiger partial charge on any atom is 0.431 e. The monoisotopic (exact) mass is 476 g/mol. The summed E-state index contributed by atoms with van der Waals surface area (Å²) in [5.74, 6) is 0.508. The van der Waals surface area contributed by atoms with Crippen LogP contribution in [0.25, 0.3) is 22.6 Å². The van der Waals surface area contributed by atoms with Crippen molar-refractivity contribution in [2.24, 2.45) is 7.05 Å². The van der Waals surface area contributed by atoms with Gasteiger partial charge in [0.05, 0.1) is 5.52 Å². The minimum atomic E-state index is -4.69. The van der Waals surface area contributed by atoms with Gasteiger partial charge in [-0.25, -0.2) is 9.97 Å². The third-order valence-corrected chi connectivity index (χ3v) is 6.04. The number of hydrogen-bond donors (Lipinski definition) is 0. The zero-order chi connectivity index (χ0) is 20.8. The van der Waals surface area contributed by atoms with Crippen molar-refractivity contribution in [1.29, 1.82) is 0 Å². The van der Waals surface area contributed by atoms with E-state index < -0.39 is 28.6 Å². The normalized spacial score (nSPS) is 13.3. The first-order valence-corrected chi connectivity index (χ1v) is 10.4. The van der Waals surface area contributed by atoms with Crippen molar-refractivity contribution >= 4 is 38.1 Å². The van der Waals surface area contributed by atoms with Crippen LogP contribution in [0.4, 0.5) is 13.2 Å². The van der Waals surface area contributed by atoms with E-state index in [1.807, 2.05) is 0 Å². The van der Waals surface area contributed by atoms with Gasteiger partial charge in [-0.2, -0.15) is 13.2 Å². The second kappa shape index (κ2) is 7.53. The molecule has 3 heterocycles. The Morgan fingerprint density at radius 3 is 2.54 bits per heavy atom. The summed E-state index contributed by atoms with van der Waals surface area (Å²) in [6.45, 7) is 3.08. The largest absolute Gasteiger partial charge is 0.611 e. The molecule has 0 aromatic carbocycles. The molecule has 3 aromatic rings. The highest BCUT2D eigenvalue weighted by atomic mass is 79.9. The minimum Gasteiger partial charge on any atom is -0.611 e. The highest BCUT2D eigenvalue weighted by Gasteiger charge is 2.36. The zero-order valence-corrected chi connectivity index (χ0v) is 17.6. The molecule has 0 saturated carbocycles. The summed E-state index contributed by atoms with van der Waals surface area (Å²) in [5.41, 5.74) is -1.64. The standard InChI is InChI=1S/C17H16BrF3N4O2S/c1-4-25-12(17(19,20)21)7-10-14(16(25)26)24(3)15(23-10)13-11(28(27)5-2)6-9(18)8-22-13/h6-8H,4-5H2,1-3H3. The van der Waals surface area contributed by atoms with Gasteiger partial charge in [0, 0.05) is 30.3 Å². The highest BCUT2D eigenvalue weighted by Crippen LogP contribution is 2.33. The summed E-state index contributed by atoms with van der Waals surface area (Å²) in [5, 5.41) is 0. The molecule has 0 bridgehead atoms. The molecule has 0 aliphatic heterocycles. The van der Waals surface area contributed by atoms with Gasteiger partial charge in [-0.1, -0.05) is 0 Å². The van der Waals surface area contributed by atoms with Crippen LogP contribution in [0.15, 0.2) is 32.5 Å². The summed E-state index contributed by atoms with van der Waals surface area (Å²) in [6.07, 6.45) is -3.21. The van der Waals surface area contributed by atoms with Crippen LogP contribution in [0.1, 0.15) is 19.5 Å².